The van der Waals surface area contributed by atoms with Gasteiger partial charge in [0.05, 0.1) is 6.10 Å². The van der Waals surface area contributed by atoms with Gasteiger partial charge in [-0.1, -0.05) is 24.6 Å². The lowest BCUT2D eigenvalue weighted by Crippen LogP contribution is -2.68. The number of amides is 1. The normalized spacial score (nSPS) is 29.5. The Bertz CT molecular complexity index is 626. The molecule has 1 saturated heterocycles. The van der Waals surface area contributed by atoms with E-state index in [9.17, 15) is 4.79 Å². The number of nitrogens with zero attached hydrogens (tertiary/aromatic N) is 1. The first-order valence-electron chi connectivity index (χ1n) is 9.37. The molecular formula is C20H28N2O2. The van der Waals surface area contributed by atoms with Crippen LogP contribution in [0.5, 0.6) is 0 Å². The molecule has 3 aliphatic rings. The highest BCUT2D eigenvalue weighted by Crippen LogP contribution is 2.63. The zero-order chi connectivity index (χ0) is 16.7. The fourth-order valence-electron chi connectivity index (χ4n) is 5.07. The second-order valence-electron chi connectivity index (χ2n) is 7.64. The van der Waals surface area contributed by atoms with E-state index in [2.05, 4.69) is 29.6 Å². The first-order chi connectivity index (χ1) is 11.7. The molecule has 1 N–H and O–H groups in total. The average Bonchev–Trinajstić information content (AvgIpc) is 2.94. The smallest absolute Gasteiger partial charge is 0.219 e. The van der Waals surface area contributed by atoms with E-state index in [-0.39, 0.29) is 5.91 Å². The molecule has 24 heavy (non-hydrogen) atoms. The fraction of sp³-hybridized carbons (Fsp3) is 0.650. The summed E-state index contributed by atoms with van der Waals surface area (Å²) >= 11 is 0. The Morgan fingerprint density at radius 2 is 2.17 bits per heavy atom. The van der Waals surface area contributed by atoms with Crippen LogP contribution in [-0.2, 0) is 16.1 Å². The minimum absolute atomic E-state index is 0.135. The van der Waals surface area contributed by atoms with Crippen molar-refractivity contribution in [2.45, 2.75) is 58.2 Å². The number of rotatable bonds is 5. The Hall–Kier alpha value is -1.55. The molecule has 1 spiro atoms. The van der Waals surface area contributed by atoms with Crippen LogP contribution in [-0.4, -0.2) is 36.1 Å². The van der Waals surface area contributed by atoms with Crippen LogP contribution in [0, 0.1) is 11.3 Å². The molecule has 1 aromatic carbocycles. The zero-order valence-electron chi connectivity index (χ0n) is 14.8. The molecular weight excluding hydrogens is 300 g/mol. The van der Waals surface area contributed by atoms with Crippen molar-refractivity contribution in [3.05, 3.63) is 29.8 Å². The predicted octanol–water partition coefficient (Wildman–Crippen LogP) is 3.42. The van der Waals surface area contributed by atoms with Crippen molar-refractivity contribution < 1.29 is 9.53 Å². The molecule has 4 rings (SSSR count). The third-order valence-corrected chi connectivity index (χ3v) is 6.55. The predicted molar refractivity (Wildman–Crippen MR) is 94.7 cm³/mol. The SMILES string of the molecule is CCN(Cc1ccccc1N[C@@H]1[C@H]2CCO[C@@H]2C12CCC2)C(C)=O. The molecule has 0 unspecified atom stereocenters. The highest BCUT2D eigenvalue weighted by Gasteiger charge is 2.66. The van der Waals surface area contributed by atoms with Crippen LogP contribution in [0.4, 0.5) is 5.69 Å². The third-order valence-electron chi connectivity index (χ3n) is 6.55. The summed E-state index contributed by atoms with van der Waals surface area (Å²) in [6, 6.07) is 8.99. The molecule has 2 saturated carbocycles. The lowest BCUT2D eigenvalue weighted by atomic mass is 9.46. The first kappa shape index (κ1) is 15.9. The summed E-state index contributed by atoms with van der Waals surface area (Å²) in [7, 11) is 0. The molecule has 2 aliphatic carbocycles. The molecule has 1 heterocycles. The lowest BCUT2D eigenvalue weighted by molar-refractivity contribution is -0.158. The number of carbonyl (C=O) groups excluding carboxylic acids is 1. The van der Waals surface area contributed by atoms with E-state index in [1.807, 2.05) is 11.8 Å². The van der Waals surface area contributed by atoms with Crippen molar-refractivity contribution in [3.63, 3.8) is 0 Å². The number of hydrogen-bond acceptors (Lipinski definition) is 3. The monoisotopic (exact) mass is 328 g/mol. The number of carbonyl (C=O) groups is 1. The van der Waals surface area contributed by atoms with Crippen molar-refractivity contribution in [1.29, 1.82) is 0 Å². The van der Waals surface area contributed by atoms with Crippen molar-refractivity contribution in [3.8, 4) is 0 Å². The van der Waals surface area contributed by atoms with Gasteiger partial charge in [-0.25, -0.2) is 0 Å². The number of nitrogens with one attached hydrogen (secondary N) is 1. The number of hydrogen-bond donors (Lipinski definition) is 1. The van der Waals surface area contributed by atoms with Gasteiger partial charge in [0.25, 0.3) is 0 Å². The Kier molecular flexibility index (Phi) is 4.03. The molecule has 3 atom stereocenters. The molecule has 4 nitrogen and oxygen atoms in total. The highest BCUT2D eigenvalue weighted by molar-refractivity contribution is 5.73. The lowest BCUT2D eigenvalue weighted by Gasteiger charge is -2.63. The van der Waals surface area contributed by atoms with Gasteiger partial charge in [0.2, 0.25) is 5.91 Å². The minimum atomic E-state index is 0.135. The van der Waals surface area contributed by atoms with Gasteiger partial charge >= 0.3 is 0 Å². The molecule has 130 valence electrons. The summed E-state index contributed by atoms with van der Waals surface area (Å²) in [6.07, 6.45) is 5.59. The zero-order valence-corrected chi connectivity index (χ0v) is 14.8. The van der Waals surface area contributed by atoms with E-state index in [1.54, 1.807) is 6.92 Å². The van der Waals surface area contributed by atoms with E-state index >= 15 is 0 Å². The summed E-state index contributed by atoms with van der Waals surface area (Å²) < 4.78 is 6.03. The summed E-state index contributed by atoms with van der Waals surface area (Å²) in [5.74, 6) is 0.795. The second-order valence-corrected chi connectivity index (χ2v) is 7.64. The summed E-state index contributed by atoms with van der Waals surface area (Å²) in [4.78, 5) is 13.7. The maximum Gasteiger partial charge on any atom is 0.219 e. The van der Waals surface area contributed by atoms with E-state index in [1.165, 1.54) is 36.9 Å². The molecule has 4 heteroatoms. The minimum Gasteiger partial charge on any atom is -0.381 e. The van der Waals surface area contributed by atoms with Crippen LogP contribution >= 0.6 is 0 Å². The van der Waals surface area contributed by atoms with Crippen LogP contribution in [0.3, 0.4) is 0 Å². The van der Waals surface area contributed by atoms with Crippen molar-refractivity contribution in [2.24, 2.45) is 11.3 Å². The van der Waals surface area contributed by atoms with E-state index in [0.717, 1.165) is 13.2 Å². The molecule has 3 fully saturated rings. The largest absolute Gasteiger partial charge is 0.381 e. The van der Waals surface area contributed by atoms with Gasteiger partial charge < -0.3 is 15.0 Å². The summed E-state index contributed by atoms with van der Waals surface area (Å²) in [6.45, 7) is 6.03. The Morgan fingerprint density at radius 1 is 1.38 bits per heavy atom. The number of benzene rings is 1. The van der Waals surface area contributed by atoms with Crippen molar-refractivity contribution in [1.82, 2.24) is 4.90 Å². The maximum atomic E-state index is 11.8. The molecule has 1 amide bonds. The molecule has 0 bridgehead atoms. The molecule has 0 radical (unpaired) electrons. The van der Waals surface area contributed by atoms with E-state index in [0.29, 0.717) is 30.0 Å². The quantitative estimate of drug-likeness (QED) is 0.900. The topological polar surface area (TPSA) is 41.6 Å². The third kappa shape index (κ3) is 2.34. The fourth-order valence-corrected chi connectivity index (χ4v) is 5.07. The summed E-state index contributed by atoms with van der Waals surface area (Å²) in [5.41, 5.74) is 2.78. The van der Waals surface area contributed by atoms with Crippen LogP contribution < -0.4 is 5.32 Å². The molecule has 1 aliphatic heterocycles. The van der Waals surface area contributed by atoms with Gasteiger partial charge in [-0.05, 0) is 37.8 Å². The van der Waals surface area contributed by atoms with Crippen molar-refractivity contribution >= 4 is 11.6 Å². The summed E-state index contributed by atoms with van der Waals surface area (Å²) in [5, 5.41) is 3.86. The van der Waals surface area contributed by atoms with Gasteiger partial charge in [-0.2, -0.15) is 0 Å². The van der Waals surface area contributed by atoms with Gasteiger partial charge in [-0.3, -0.25) is 4.79 Å². The number of para-hydroxylation sites is 1. The Balaban J connectivity index is 1.54. The number of fused-ring (bicyclic) bond motifs is 2. The standard InChI is InChI=1S/C20H28N2O2/c1-3-22(14(2)23)13-15-7-4-5-8-17(15)21-18-16-9-12-24-19(16)20(18)10-6-11-20/h4-5,7-8,16,18-19,21H,3,6,9-13H2,1-2H3/t16-,18-,19+/m1/s1. The highest BCUT2D eigenvalue weighted by atomic mass is 16.5. The van der Waals surface area contributed by atoms with E-state index < -0.39 is 0 Å². The van der Waals surface area contributed by atoms with Crippen LogP contribution in [0.1, 0.15) is 45.1 Å². The maximum absolute atomic E-state index is 11.8. The Labute approximate surface area is 144 Å². The van der Waals surface area contributed by atoms with Crippen LogP contribution in [0.15, 0.2) is 24.3 Å². The van der Waals surface area contributed by atoms with Gasteiger partial charge in [0.1, 0.15) is 0 Å². The number of anilines is 1. The van der Waals surface area contributed by atoms with Gasteiger partial charge in [0.15, 0.2) is 0 Å². The number of ether oxygens (including phenoxy) is 1. The van der Waals surface area contributed by atoms with Gasteiger partial charge in [-0.15, -0.1) is 0 Å². The second kappa shape index (κ2) is 6.07. The van der Waals surface area contributed by atoms with Crippen LogP contribution in [0.25, 0.3) is 0 Å². The van der Waals surface area contributed by atoms with Crippen LogP contribution in [0.2, 0.25) is 0 Å². The Morgan fingerprint density at radius 3 is 2.83 bits per heavy atom. The van der Waals surface area contributed by atoms with Gasteiger partial charge in [0, 0.05) is 49.7 Å². The molecule has 0 aromatic heterocycles. The average molecular weight is 328 g/mol. The van der Waals surface area contributed by atoms with Crippen molar-refractivity contribution in [2.75, 3.05) is 18.5 Å². The molecule has 1 aromatic rings. The first-order valence-corrected chi connectivity index (χ1v) is 9.37. The van der Waals surface area contributed by atoms with E-state index in [4.69, 9.17) is 4.74 Å².